The summed E-state index contributed by atoms with van der Waals surface area (Å²) in [7, 11) is -3.78. The first kappa shape index (κ1) is 23.9. The van der Waals surface area contributed by atoms with Crippen molar-refractivity contribution in [2.45, 2.75) is 30.6 Å². The molecule has 1 fully saturated rings. The minimum absolute atomic E-state index is 0.0279. The van der Waals surface area contributed by atoms with Crippen LogP contribution in [-0.4, -0.2) is 36.7 Å². The Morgan fingerprint density at radius 3 is 2.37 bits per heavy atom. The Morgan fingerprint density at radius 1 is 0.943 bits per heavy atom. The Morgan fingerprint density at radius 2 is 1.66 bits per heavy atom. The number of carbonyl (C=O) groups is 1. The molecular weight excluding hydrogens is 502 g/mol. The van der Waals surface area contributed by atoms with E-state index in [0.29, 0.717) is 18.8 Å². The van der Waals surface area contributed by atoms with Gasteiger partial charge < -0.3 is 5.32 Å². The first-order chi connectivity index (χ1) is 16.9. The Labute approximate surface area is 213 Å². The van der Waals surface area contributed by atoms with Crippen molar-refractivity contribution in [1.29, 1.82) is 0 Å². The zero-order chi connectivity index (χ0) is 24.4. The predicted molar refractivity (Wildman–Crippen MR) is 142 cm³/mol. The highest BCUT2D eigenvalue weighted by molar-refractivity contribution is 7.89. The van der Waals surface area contributed by atoms with Gasteiger partial charge in [0.05, 0.1) is 15.2 Å². The van der Waals surface area contributed by atoms with E-state index in [-0.39, 0.29) is 15.5 Å². The van der Waals surface area contributed by atoms with E-state index in [9.17, 15) is 13.2 Å². The smallest absolute Gasteiger partial charge is 0.255 e. The van der Waals surface area contributed by atoms with Crippen LogP contribution in [0.5, 0.6) is 0 Å². The number of hydrogen-bond donors (Lipinski definition) is 1. The second-order valence-electron chi connectivity index (χ2n) is 8.48. The lowest BCUT2D eigenvalue weighted by atomic mass is 10.2. The lowest BCUT2D eigenvalue weighted by Gasteiger charge is -2.21. The summed E-state index contributed by atoms with van der Waals surface area (Å²) in [6.45, 7) is 0.937. The number of sulfonamides is 1. The zero-order valence-electron chi connectivity index (χ0n) is 18.9. The van der Waals surface area contributed by atoms with E-state index in [4.69, 9.17) is 11.6 Å². The number of carbonyl (C=O) groups excluding carboxylic acids is 1. The number of hydrogen-bond acceptors (Lipinski definition) is 5. The topological polar surface area (TPSA) is 79.4 Å². The van der Waals surface area contributed by atoms with Crippen molar-refractivity contribution in [2.24, 2.45) is 0 Å². The zero-order valence-corrected chi connectivity index (χ0v) is 21.3. The number of thiazole rings is 1. The molecule has 1 N–H and O–H groups in total. The number of benzene rings is 3. The van der Waals surface area contributed by atoms with Crippen LogP contribution in [0, 0.1) is 0 Å². The largest absolute Gasteiger partial charge is 0.322 e. The van der Waals surface area contributed by atoms with Crippen molar-refractivity contribution in [1.82, 2.24) is 9.29 Å². The molecule has 1 aromatic heterocycles. The minimum atomic E-state index is -3.78. The predicted octanol–water partition coefficient (Wildman–Crippen LogP) is 6.43. The van der Waals surface area contributed by atoms with Gasteiger partial charge >= 0.3 is 0 Å². The average Bonchev–Trinajstić information content (AvgIpc) is 3.09. The summed E-state index contributed by atoms with van der Waals surface area (Å²) in [6, 6.07) is 19.8. The standard InChI is InChI=1S/C26H24ClN3O3S2/c27-21-14-11-19(17-24(21)35(32,33)30-15-5-1-2-6-16-30)25(31)28-20-12-9-18(10-13-20)26-29-22-7-3-4-8-23(22)34-26/h3-4,7-14,17H,1-2,5-6,15-16H2,(H,28,31). The third kappa shape index (κ3) is 5.11. The molecule has 3 aromatic carbocycles. The number of anilines is 1. The molecule has 35 heavy (non-hydrogen) atoms. The molecule has 6 nitrogen and oxygen atoms in total. The van der Waals surface area contributed by atoms with E-state index in [0.717, 1.165) is 46.5 Å². The van der Waals surface area contributed by atoms with Crippen LogP contribution in [0.25, 0.3) is 20.8 Å². The van der Waals surface area contributed by atoms with Crippen LogP contribution in [0.15, 0.2) is 71.6 Å². The molecule has 1 aliphatic rings. The van der Waals surface area contributed by atoms with Crippen LogP contribution in [0.3, 0.4) is 0 Å². The van der Waals surface area contributed by atoms with Gasteiger partial charge in [-0.25, -0.2) is 13.4 Å². The van der Waals surface area contributed by atoms with Crippen molar-refractivity contribution in [3.05, 3.63) is 77.3 Å². The van der Waals surface area contributed by atoms with Gasteiger partial charge in [0.25, 0.3) is 5.91 Å². The van der Waals surface area contributed by atoms with Gasteiger partial charge in [-0.15, -0.1) is 11.3 Å². The molecule has 1 amide bonds. The molecule has 4 aromatic rings. The van der Waals surface area contributed by atoms with Gasteiger partial charge in [0, 0.05) is 29.9 Å². The van der Waals surface area contributed by atoms with Gasteiger partial charge in [-0.1, -0.05) is 36.6 Å². The molecule has 0 bridgehead atoms. The molecule has 0 spiro atoms. The Hall–Kier alpha value is -2.78. The number of aromatic nitrogens is 1. The van der Waals surface area contributed by atoms with Crippen LogP contribution < -0.4 is 5.32 Å². The van der Waals surface area contributed by atoms with Crippen LogP contribution in [-0.2, 0) is 10.0 Å². The van der Waals surface area contributed by atoms with Crippen LogP contribution in [0.4, 0.5) is 5.69 Å². The van der Waals surface area contributed by atoms with E-state index in [1.54, 1.807) is 11.3 Å². The molecule has 0 radical (unpaired) electrons. The number of fused-ring (bicyclic) bond motifs is 1. The third-order valence-electron chi connectivity index (χ3n) is 6.06. The third-order valence-corrected chi connectivity index (χ3v) is 9.53. The molecule has 0 atom stereocenters. The summed E-state index contributed by atoms with van der Waals surface area (Å²) >= 11 is 7.88. The van der Waals surface area contributed by atoms with Gasteiger partial charge in [-0.05, 0) is 67.4 Å². The minimum Gasteiger partial charge on any atom is -0.322 e. The molecule has 0 aliphatic carbocycles. The van der Waals surface area contributed by atoms with E-state index in [2.05, 4.69) is 10.3 Å². The van der Waals surface area contributed by atoms with E-state index in [1.807, 2.05) is 48.5 Å². The Bertz CT molecular complexity index is 1440. The molecule has 180 valence electrons. The summed E-state index contributed by atoms with van der Waals surface area (Å²) in [5.41, 5.74) is 2.75. The quantitative estimate of drug-likeness (QED) is 0.325. The van der Waals surface area contributed by atoms with Gasteiger partial charge in [0.15, 0.2) is 0 Å². The van der Waals surface area contributed by atoms with Crippen molar-refractivity contribution in [3.63, 3.8) is 0 Å². The van der Waals surface area contributed by atoms with Crippen molar-refractivity contribution < 1.29 is 13.2 Å². The van der Waals surface area contributed by atoms with E-state index >= 15 is 0 Å². The average molecular weight is 526 g/mol. The number of nitrogens with one attached hydrogen (secondary N) is 1. The maximum Gasteiger partial charge on any atom is 0.255 e. The normalized spacial score (nSPS) is 15.1. The second kappa shape index (κ2) is 10.1. The Kier molecular flexibility index (Phi) is 6.88. The molecule has 1 saturated heterocycles. The highest BCUT2D eigenvalue weighted by atomic mass is 35.5. The first-order valence-electron chi connectivity index (χ1n) is 11.5. The summed E-state index contributed by atoms with van der Waals surface area (Å²) < 4.78 is 29.1. The number of amides is 1. The van der Waals surface area contributed by atoms with Crippen LogP contribution >= 0.6 is 22.9 Å². The fraction of sp³-hybridized carbons (Fsp3) is 0.231. The van der Waals surface area contributed by atoms with Gasteiger partial charge in [-0.3, -0.25) is 4.79 Å². The number of rotatable bonds is 5. The van der Waals surface area contributed by atoms with Crippen LogP contribution in [0.2, 0.25) is 5.02 Å². The second-order valence-corrected chi connectivity index (χ2v) is 11.8. The molecule has 0 saturated carbocycles. The fourth-order valence-electron chi connectivity index (χ4n) is 4.16. The number of halogens is 1. The van der Waals surface area contributed by atoms with E-state index in [1.165, 1.54) is 22.5 Å². The molecular formula is C26H24ClN3O3S2. The first-order valence-corrected chi connectivity index (χ1v) is 14.1. The van der Waals surface area contributed by atoms with Crippen molar-refractivity contribution in [2.75, 3.05) is 18.4 Å². The molecule has 5 rings (SSSR count). The highest BCUT2D eigenvalue weighted by Crippen LogP contribution is 2.31. The van der Waals surface area contributed by atoms with Gasteiger partial charge in [0.2, 0.25) is 10.0 Å². The van der Waals surface area contributed by atoms with Gasteiger partial charge in [0.1, 0.15) is 9.90 Å². The van der Waals surface area contributed by atoms with Crippen molar-refractivity contribution >= 4 is 54.8 Å². The summed E-state index contributed by atoms with van der Waals surface area (Å²) in [6.07, 6.45) is 3.67. The maximum atomic E-state index is 13.2. The number of para-hydroxylation sites is 1. The maximum absolute atomic E-state index is 13.2. The highest BCUT2D eigenvalue weighted by Gasteiger charge is 2.28. The molecule has 2 heterocycles. The lowest BCUT2D eigenvalue weighted by molar-refractivity contribution is 0.102. The Balaban J connectivity index is 1.34. The molecule has 1 aliphatic heterocycles. The molecule has 0 unspecified atom stereocenters. The SMILES string of the molecule is O=C(Nc1ccc(-c2nc3ccccc3s2)cc1)c1ccc(Cl)c(S(=O)(=O)N2CCCCCC2)c1. The fourth-order valence-corrected chi connectivity index (χ4v) is 7.15. The van der Waals surface area contributed by atoms with E-state index < -0.39 is 15.9 Å². The summed E-state index contributed by atoms with van der Waals surface area (Å²) in [5.74, 6) is -0.401. The summed E-state index contributed by atoms with van der Waals surface area (Å²) in [4.78, 5) is 17.6. The monoisotopic (exact) mass is 525 g/mol. The van der Waals surface area contributed by atoms with Crippen molar-refractivity contribution in [3.8, 4) is 10.6 Å². The molecule has 9 heteroatoms. The number of nitrogens with zero attached hydrogens (tertiary/aromatic N) is 2. The summed E-state index contributed by atoms with van der Waals surface area (Å²) in [5, 5.41) is 3.87. The van der Waals surface area contributed by atoms with Gasteiger partial charge in [-0.2, -0.15) is 4.31 Å². The van der Waals surface area contributed by atoms with Crippen LogP contribution in [0.1, 0.15) is 36.0 Å². The lowest BCUT2D eigenvalue weighted by Crippen LogP contribution is -2.32.